The fraction of sp³-hybridized carbons (Fsp3) is 1.00. The minimum Gasteiger partial charge on any atom is -0.374 e. The molecule has 0 aliphatic rings. The zero-order valence-corrected chi connectivity index (χ0v) is 14.5. The van der Waals surface area contributed by atoms with Crippen molar-refractivity contribution in [2.45, 2.75) is 53.5 Å². The molecule has 1 unspecified atom stereocenters. The molecule has 0 saturated carbocycles. The van der Waals surface area contributed by atoms with Gasteiger partial charge in [-0.15, -0.1) is 0 Å². The van der Waals surface area contributed by atoms with E-state index < -0.39 is 8.80 Å². The highest BCUT2D eigenvalue weighted by Gasteiger charge is 2.39. The summed E-state index contributed by atoms with van der Waals surface area (Å²) < 4.78 is 17.5. The van der Waals surface area contributed by atoms with Crippen molar-refractivity contribution in [3.05, 3.63) is 0 Å². The summed E-state index contributed by atoms with van der Waals surface area (Å²) in [5.74, 6) is 0.743. The maximum atomic E-state index is 5.83. The van der Waals surface area contributed by atoms with Crippen molar-refractivity contribution in [1.29, 1.82) is 0 Å². The van der Waals surface area contributed by atoms with Crippen LogP contribution in [0.25, 0.3) is 0 Å². The van der Waals surface area contributed by atoms with Crippen molar-refractivity contribution >= 4 is 8.80 Å². The highest BCUT2D eigenvalue weighted by atomic mass is 28.4. The van der Waals surface area contributed by atoms with Crippen LogP contribution in [-0.2, 0) is 13.3 Å². The van der Waals surface area contributed by atoms with E-state index in [1.54, 1.807) is 0 Å². The fourth-order valence-corrected chi connectivity index (χ4v) is 4.54. The summed E-state index contributed by atoms with van der Waals surface area (Å²) in [5.41, 5.74) is 0. The third kappa shape index (κ3) is 8.76. The van der Waals surface area contributed by atoms with Crippen LogP contribution in [0.5, 0.6) is 0 Å². The second-order valence-electron chi connectivity index (χ2n) is 4.80. The summed E-state index contributed by atoms with van der Waals surface area (Å²) in [4.78, 5) is 0. The van der Waals surface area contributed by atoms with Gasteiger partial charge in [-0.25, -0.2) is 0 Å². The van der Waals surface area contributed by atoms with Crippen molar-refractivity contribution in [1.82, 2.24) is 5.32 Å². The molecular weight excluding hydrogens is 258 g/mol. The Morgan fingerprint density at radius 2 is 1.47 bits per heavy atom. The van der Waals surface area contributed by atoms with E-state index in [2.05, 4.69) is 19.2 Å². The molecule has 0 aliphatic heterocycles. The van der Waals surface area contributed by atoms with Crippen LogP contribution >= 0.6 is 0 Å². The van der Waals surface area contributed by atoms with E-state index in [9.17, 15) is 0 Å². The van der Waals surface area contributed by atoms with Crippen molar-refractivity contribution in [2.24, 2.45) is 5.92 Å². The molecule has 116 valence electrons. The van der Waals surface area contributed by atoms with Crippen LogP contribution in [0.3, 0.4) is 0 Å². The second-order valence-corrected chi connectivity index (χ2v) is 7.54. The molecular formula is C14H33NO3Si. The van der Waals surface area contributed by atoms with Gasteiger partial charge in [-0.3, -0.25) is 0 Å². The largest absolute Gasteiger partial charge is 0.500 e. The van der Waals surface area contributed by atoms with Gasteiger partial charge >= 0.3 is 8.80 Å². The van der Waals surface area contributed by atoms with Gasteiger partial charge in [0.05, 0.1) is 0 Å². The van der Waals surface area contributed by atoms with E-state index in [0.29, 0.717) is 19.8 Å². The van der Waals surface area contributed by atoms with E-state index in [4.69, 9.17) is 13.3 Å². The van der Waals surface area contributed by atoms with Crippen LogP contribution in [0.4, 0.5) is 0 Å². The summed E-state index contributed by atoms with van der Waals surface area (Å²) in [6.07, 6.45) is 2.27. The van der Waals surface area contributed by atoms with Crippen LogP contribution in [0.15, 0.2) is 0 Å². The Morgan fingerprint density at radius 3 is 1.89 bits per heavy atom. The summed E-state index contributed by atoms with van der Waals surface area (Å²) in [5, 5.41) is 3.49. The highest BCUT2D eigenvalue weighted by Crippen LogP contribution is 2.17. The molecule has 0 spiro atoms. The monoisotopic (exact) mass is 291 g/mol. The molecule has 0 heterocycles. The Morgan fingerprint density at radius 1 is 0.947 bits per heavy atom. The van der Waals surface area contributed by atoms with Gasteiger partial charge in [0.2, 0.25) is 0 Å². The lowest BCUT2D eigenvalue weighted by atomic mass is 10.1. The first-order chi connectivity index (χ1) is 9.14. The maximum absolute atomic E-state index is 5.83. The van der Waals surface area contributed by atoms with Gasteiger partial charge in [0.25, 0.3) is 0 Å². The maximum Gasteiger partial charge on any atom is 0.500 e. The number of nitrogens with one attached hydrogen (secondary N) is 1. The summed E-state index contributed by atoms with van der Waals surface area (Å²) >= 11 is 0. The molecule has 4 nitrogen and oxygen atoms in total. The molecule has 0 aliphatic carbocycles. The summed E-state index contributed by atoms with van der Waals surface area (Å²) in [7, 11) is -2.42. The Labute approximate surface area is 120 Å². The fourth-order valence-electron chi connectivity index (χ4n) is 1.92. The van der Waals surface area contributed by atoms with E-state index in [0.717, 1.165) is 31.5 Å². The Bertz CT molecular complexity index is 188. The van der Waals surface area contributed by atoms with Crippen LogP contribution in [-0.4, -0.2) is 41.7 Å². The van der Waals surface area contributed by atoms with Crippen LogP contribution < -0.4 is 5.32 Å². The normalized spacial score (nSPS) is 13.7. The van der Waals surface area contributed by atoms with Gasteiger partial charge in [0, 0.05) is 25.9 Å². The smallest absolute Gasteiger partial charge is 0.374 e. The lowest BCUT2D eigenvalue weighted by Crippen LogP contribution is -2.46. The number of hydrogen-bond donors (Lipinski definition) is 1. The molecule has 0 rings (SSSR count). The lowest BCUT2D eigenvalue weighted by molar-refractivity contribution is 0.0708. The topological polar surface area (TPSA) is 39.7 Å². The van der Waals surface area contributed by atoms with Gasteiger partial charge in [0.15, 0.2) is 0 Å². The van der Waals surface area contributed by atoms with E-state index in [1.807, 2.05) is 20.8 Å². The third-order valence-corrected chi connectivity index (χ3v) is 6.27. The molecule has 0 aromatic rings. The average molecular weight is 292 g/mol. The van der Waals surface area contributed by atoms with Gasteiger partial charge < -0.3 is 18.6 Å². The average Bonchev–Trinajstić information content (AvgIpc) is 2.39. The molecule has 0 radical (unpaired) electrons. The number of rotatable bonds is 13. The van der Waals surface area contributed by atoms with E-state index in [1.165, 1.54) is 6.42 Å². The molecule has 0 aromatic carbocycles. The van der Waals surface area contributed by atoms with Gasteiger partial charge in [-0.2, -0.15) is 0 Å². The van der Waals surface area contributed by atoms with Crippen molar-refractivity contribution in [3.63, 3.8) is 0 Å². The molecule has 19 heavy (non-hydrogen) atoms. The Kier molecular flexibility index (Phi) is 11.9. The Hall–Kier alpha value is 0.0569. The van der Waals surface area contributed by atoms with Crippen LogP contribution in [0.1, 0.15) is 47.5 Å². The van der Waals surface area contributed by atoms with E-state index in [-0.39, 0.29) is 0 Å². The first-order valence-corrected chi connectivity index (χ1v) is 9.69. The minimum atomic E-state index is -2.42. The molecule has 0 saturated heterocycles. The summed E-state index contributed by atoms with van der Waals surface area (Å²) in [6.45, 7) is 14.6. The van der Waals surface area contributed by atoms with Crippen LogP contribution in [0.2, 0.25) is 6.04 Å². The van der Waals surface area contributed by atoms with Crippen molar-refractivity contribution < 1.29 is 13.3 Å². The van der Waals surface area contributed by atoms with Gasteiger partial charge in [-0.05, 0) is 46.2 Å². The third-order valence-electron chi connectivity index (χ3n) is 3.12. The summed E-state index contributed by atoms with van der Waals surface area (Å²) in [6, 6.07) is 0.899. The number of hydrogen-bond acceptors (Lipinski definition) is 4. The first-order valence-electron chi connectivity index (χ1n) is 7.76. The molecule has 5 heteroatoms. The van der Waals surface area contributed by atoms with Crippen LogP contribution in [0, 0.1) is 5.92 Å². The Balaban J connectivity index is 4.03. The SMILES string of the molecule is CCO[Si](CCCNCC(C)CC)(OCC)OCC. The minimum absolute atomic E-state index is 0.659. The lowest BCUT2D eigenvalue weighted by Gasteiger charge is -2.28. The molecule has 0 bridgehead atoms. The predicted octanol–water partition coefficient (Wildman–Crippen LogP) is 3.06. The zero-order valence-electron chi connectivity index (χ0n) is 13.5. The predicted molar refractivity (Wildman–Crippen MR) is 82.4 cm³/mol. The first kappa shape index (κ1) is 19.1. The zero-order chi connectivity index (χ0) is 14.6. The molecule has 1 atom stereocenters. The van der Waals surface area contributed by atoms with Crippen molar-refractivity contribution in [2.75, 3.05) is 32.9 Å². The van der Waals surface area contributed by atoms with Gasteiger partial charge in [0.1, 0.15) is 0 Å². The molecule has 0 amide bonds. The second kappa shape index (κ2) is 11.8. The van der Waals surface area contributed by atoms with Gasteiger partial charge in [-0.1, -0.05) is 20.3 Å². The molecule has 0 aromatic heterocycles. The van der Waals surface area contributed by atoms with E-state index >= 15 is 0 Å². The highest BCUT2D eigenvalue weighted by molar-refractivity contribution is 6.60. The standard InChI is InChI=1S/C14H33NO3Si/c1-6-14(5)13-15-11-10-12-19(16-7-2,17-8-3)18-9-4/h14-15H,6-13H2,1-5H3. The molecule has 1 N–H and O–H groups in total. The quantitative estimate of drug-likeness (QED) is 0.418. The van der Waals surface area contributed by atoms with Crippen molar-refractivity contribution in [3.8, 4) is 0 Å². The molecule has 0 fully saturated rings.